The number of carbonyl (C=O) groups excluding carboxylic acids is 1. The molecule has 1 aliphatic heterocycles. The van der Waals surface area contributed by atoms with E-state index in [4.69, 9.17) is 0 Å². The minimum Gasteiger partial charge on any atom is -0.259 e. The number of aliphatic imine (C=N–C) groups is 2. The van der Waals surface area contributed by atoms with Crippen LogP contribution in [-0.2, 0) is 4.79 Å². The summed E-state index contributed by atoms with van der Waals surface area (Å²) in [6.45, 7) is 0.783. The lowest BCUT2D eigenvalue weighted by Crippen LogP contribution is -1.76. The van der Waals surface area contributed by atoms with Gasteiger partial charge in [-0.3, -0.25) is 4.99 Å². The van der Waals surface area contributed by atoms with Crippen molar-refractivity contribution in [3.05, 3.63) is 0 Å². The van der Waals surface area contributed by atoms with Crippen LogP contribution in [0.4, 0.5) is 0 Å². The van der Waals surface area contributed by atoms with E-state index < -0.39 is 0 Å². The van der Waals surface area contributed by atoms with E-state index in [1.165, 1.54) is 17.8 Å². The average Bonchev–Trinajstić information content (AvgIpc) is 2.19. The fourth-order valence-corrected chi connectivity index (χ4v) is 1.08. The Hall–Kier alpha value is -0.600. The number of amidine groups is 1. The highest BCUT2D eigenvalue weighted by Gasteiger charge is 2.02. The predicted molar refractivity (Wildman–Crippen MR) is 32.9 cm³/mol. The normalized spacial score (nSPS) is 17.2. The SMILES string of the molecule is O=C=NC1=NCCS1. The van der Waals surface area contributed by atoms with Gasteiger partial charge in [0.2, 0.25) is 6.08 Å². The minimum atomic E-state index is 0.569. The molecule has 0 fully saturated rings. The molecule has 0 aromatic carbocycles. The molecule has 3 nitrogen and oxygen atoms in total. The quantitative estimate of drug-likeness (QED) is 0.350. The summed E-state index contributed by atoms with van der Waals surface area (Å²) < 4.78 is 0. The summed E-state index contributed by atoms with van der Waals surface area (Å²) in [5.74, 6) is 0.945. The summed E-state index contributed by atoms with van der Waals surface area (Å²) in [4.78, 5) is 16.8. The number of isocyanates is 1. The zero-order valence-electron chi connectivity index (χ0n) is 4.13. The first-order valence-corrected chi connectivity index (χ1v) is 3.17. The zero-order valence-corrected chi connectivity index (χ0v) is 4.94. The van der Waals surface area contributed by atoms with Gasteiger partial charge in [-0.1, -0.05) is 11.8 Å². The molecule has 0 saturated heterocycles. The van der Waals surface area contributed by atoms with E-state index in [-0.39, 0.29) is 0 Å². The van der Waals surface area contributed by atoms with Gasteiger partial charge >= 0.3 is 0 Å². The van der Waals surface area contributed by atoms with E-state index in [1.807, 2.05) is 0 Å². The molecule has 0 N–H and O–H groups in total. The second-order valence-corrected chi connectivity index (χ2v) is 2.28. The molecule has 8 heavy (non-hydrogen) atoms. The summed E-state index contributed by atoms with van der Waals surface area (Å²) in [6.07, 6.45) is 1.43. The lowest BCUT2D eigenvalue weighted by Gasteiger charge is -1.77. The fourth-order valence-electron chi connectivity index (χ4n) is 0.431. The highest BCUT2D eigenvalue weighted by atomic mass is 32.2. The van der Waals surface area contributed by atoms with Gasteiger partial charge < -0.3 is 0 Å². The predicted octanol–water partition coefficient (Wildman–Crippen LogP) is 0.425. The van der Waals surface area contributed by atoms with Crippen LogP contribution in [0.3, 0.4) is 0 Å². The van der Waals surface area contributed by atoms with Gasteiger partial charge in [0.05, 0.1) is 6.54 Å². The Bertz CT molecular complexity index is 159. The summed E-state index contributed by atoms with van der Waals surface area (Å²) in [6, 6.07) is 0. The molecule has 42 valence electrons. The Kier molecular flexibility index (Phi) is 1.83. The van der Waals surface area contributed by atoms with E-state index in [0.717, 1.165) is 12.3 Å². The first kappa shape index (κ1) is 5.54. The van der Waals surface area contributed by atoms with Crippen molar-refractivity contribution in [2.24, 2.45) is 9.98 Å². The Labute approximate surface area is 50.9 Å². The highest BCUT2D eigenvalue weighted by Crippen LogP contribution is 2.10. The molecule has 0 aliphatic carbocycles. The van der Waals surface area contributed by atoms with Gasteiger partial charge in [0.25, 0.3) is 0 Å². The standard InChI is InChI=1S/C4H4N2OS/c7-3-6-4-5-1-2-8-4/h1-2H2. The van der Waals surface area contributed by atoms with Crippen LogP contribution >= 0.6 is 11.8 Å². The van der Waals surface area contributed by atoms with E-state index in [2.05, 4.69) is 9.98 Å². The smallest absolute Gasteiger partial charge is 0.242 e. The topological polar surface area (TPSA) is 41.8 Å². The molecular formula is C4H4N2OS. The summed E-state index contributed by atoms with van der Waals surface area (Å²) in [7, 11) is 0. The lowest BCUT2D eigenvalue weighted by atomic mass is 10.8. The van der Waals surface area contributed by atoms with Crippen LogP contribution in [0.5, 0.6) is 0 Å². The van der Waals surface area contributed by atoms with E-state index >= 15 is 0 Å². The molecule has 0 saturated carbocycles. The number of hydrogen-bond donors (Lipinski definition) is 0. The Morgan fingerprint density at radius 2 is 2.75 bits per heavy atom. The molecule has 0 radical (unpaired) electrons. The molecule has 1 aliphatic rings. The van der Waals surface area contributed by atoms with E-state index in [0.29, 0.717) is 5.17 Å². The summed E-state index contributed by atoms with van der Waals surface area (Å²) >= 11 is 1.49. The van der Waals surface area contributed by atoms with Crippen molar-refractivity contribution < 1.29 is 4.79 Å². The van der Waals surface area contributed by atoms with Crippen molar-refractivity contribution in [3.8, 4) is 0 Å². The Morgan fingerprint density at radius 3 is 3.25 bits per heavy atom. The Balaban J connectivity index is 2.57. The molecule has 0 amide bonds. The van der Waals surface area contributed by atoms with Crippen molar-refractivity contribution in [1.82, 2.24) is 0 Å². The van der Waals surface area contributed by atoms with Crippen LogP contribution in [0, 0.1) is 0 Å². The third-order valence-electron chi connectivity index (χ3n) is 0.711. The number of rotatable bonds is 0. The van der Waals surface area contributed by atoms with Crippen molar-refractivity contribution >= 4 is 23.0 Å². The molecule has 0 spiro atoms. The molecule has 0 atom stereocenters. The Morgan fingerprint density at radius 1 is 1.88 bits per heavy atom. The van der Waals surface area contributed by atoms with Gasteiger partial charge in [-0.2, -0.15) is 0 Å². The third-order valence-corrected chi connectivity index (χ3v) is 1.58. The molecule has 0 aromatic heterocycles. The maximum absolute atomic E-state index is 9.57. The van der Waals surface area contributed by atoms with Gasteiger partial charge in [-0.05, 0) is 0 Å². The molecule has 0 unspecified atom stereocenters. The van der Waals surface area contributed by atoms with Gasteiger partial charge in [-0.15, -0.1) is 4.99 Å². The van der Waals surface area contributed by atoms with Crippen LogP contribution in [0.1, 0.15) is 0 Å². The van der Waals surface area contributed by atoms with Crippen LogP contribution < -0.4 is 0 Å². The molecule has 4 heteroatoms. The van der Waals surface area contributed by atoms with Crippen LogP contribution in [0.25, 0.3) is 0 Å². The third kappa shape index (κ3) is 1.18. The van der Waals surface area contributed by atoms with Gasteiger partial charge in [0.1, 0.15) is 0 Å². The lowest BCUT2D eigenvalue weighted by molar-refractivity contribution is 0.566. The molecular weight excluding hydrogens is 124 g/mol. The average molecular weight is 128 g/mol. The molecule has 1 rings (SSSR count). The van der Waals surface area contributed by atoms with Crippen molar-refractivity contribution in [1.29, 1.82) is 0 Å². The highest BCUT2D eigenvalue weighted by molar-refractivity contribution is 8.14. The molecule has 0 bridgehead atoms. The van der Waals surface area contributed by atoms with Crippen molar-refractivity contribution in [2.45, 2.75) is 0 Å². The monoisotopic (exact) mass is 128 g/mol. The van der Waals surface area contributed by atoms with Crippen molar-refractivity contribution in [2.75, 3.05) is 12.3 Å². The molecule has 1 heterocycles. The van der Waals surface area contributed by atoms with E-state index in [9.17, 15) is 4.79 Å². The maximum Gasteiger partial charge on any atom is 0.242 e. The maximum atomic E-state index is 9.57. The van der Waals surface area contributed by atoms with Crippen LogP contribution in [0.2, 0.25) is 0 Å². The summed E-state index contributed by atoms with van der Waals surface area (Å²) in [5.41, 5.74) is 0. The van der Waals surface area contributed by atoms with E-state index in [1.54, 1.807) is 0 Å². The largest absolute Gasteiger partial charge is 0.259 e. The van der Waals surface area contributed by atoms with Crippen LogP contribution in [0.15, 0.2) is 9.98 Å². The first-order chi connectivity index (χ1) is 3.93. The molecule has 0 aromatic rings. The number of nitrogens with zero attached hydrogens (tertiary/aromatic N) is 2. The fraction of sp³-hybridized carbons (Fsp3) is 0.500. The number of thioether (sulfide) groups is 1. The first-order valence-electron chi connectivity index (χ1n) is 2.18. The zero-order chi connectivity index (χ0) is 5.82. The van der Waals surface area contributed by atoms with Gasteiger partial charge in [0, 0.05) is 5.75 Å². The summed E-state index contributed by atoms with van der Waals surface area (Å²) in [5, 5.41) is 0.569. The van der Waals surface area contributed by atoms with Crippen LogP contribution in [-0.4, -0.2) is 23.5 Å². The van der Waals surface area contributed by atoms with Gasteiger partial charge in [-0.25, -0.2) is 4.79 Å². The number of hydrogen-bond acceptors (Lipinski definition) is 4. The van der Waals surface area contributed by atoms with Crippen molar-refractivity contribution in [3.63, 3.8) is 0 Å². The second-order valence-electron chi connectivity index (χ2n) is 1.22. The van der Waals surface area contributed by atoms with Gasteiger partial charge in [0.15, 0.2) is 5.17 Å². The second kappa shape index (κ2) is 2.64. The minimum absolute atomic E-state index is 0.569.